The molecule has 0 amide bonds. The van der Waals surface area contributed by atoms with Crippen LogP contribution in [0, 0.1) is 29.6 Å². The second-order valence-corrected chi connectivity index (χ2v) is 7.95. The molecule has 3 fully saturated rings. The molecular formula is C20H31ClO2. The van der Waals surface area contributed by atoms with Gasteiger partial charge in [-0.1, -0.05) is 23.8 Å². The van der Waals surface area contributed by atoms with Crippen molar-refractivity contribution in [3.63, 3.8) is 0 Å². The van der Waals surface area contributed by atoms with E-state index < -0.39 is 0 Å². The molecule has 0 unspecified atom stereocenters. The summed E-state index contributed by atoms with van der Waals surface area (Å²) in [7, 11) is 0. The fourth-order valence-corrected chi connectivity index (χ4v) is 4.95. The average molecular weight is 339 g/mol. The molecule has 2 nitrogen and oxygen atoms in total. The molecule has 0 bridgehead atoms. The molecule has 0 aromatic rings. The van der Waals surface area contributed by atoms with Gasteiger partial charge in [0.2, 0.25) is 0 Å². The molecule has 1 saturated heterocycles. The molecule has 0 aromatic carbocycles. The highest BCUT2D eigenvalue weighted by Crippen LogP contribution is 2.43. The van der Waals surface area contributed by atoms with Crippen LogP contribution in [0.2, 0.25) is 0 Å². The van der Waals surface area contributed by atoms with Crippen molar-refractivity contribution in [1.29, 1.82) is 0 Å². The van der Waals surface area contributed by atoms with Gasteiger partial charge in [-0.25, -0.2) is 0 Å². The fourth-order valence-electron chi connectivity index (χ4n) is 4.74. The SMILES string of the molecule is C=CC1COC(C2CCC(C3CCC(/C=C/Cl)CC3)CC2)OC1. The van der Waals surface area contributed by atoms with E-state index in [0.717, 1.165) is 31.0 Å². The van der Waals surface area contributed by atoms with E-state index in [1.54, 1.807) is 5.54 Å². The Labute approximate surface area is 146 Å². The highest BCUT2D eigenvalue weighted by atomic mass is 35.5. The zero-order valence-electron chi connectivity index (χ0n) is 14.2. The molecule has 130 valence electrons. The van der Waals surface area contributed by atoms with E-state index in [-0.39, 0.29) is 6.29 Å². The molecule has 3 heteroatoms. The molecule has 0 radical (unpaired) electrons. The molecule has 1 heterocycles. The van der Waals surface area contributed by atoms with Crippen molar-refractivity contribution in [2.45, 2.75) is 57.7 Å². The van der Waals surface area contributed by atoms with E-state index in [1.807, 2.05) is 6.08 Å². The average Bonchev–Trinajstić information content (AvgIpc) is 2.63. The Bertz CT molecular complexity index is 384. The summed E-state index contributed by atoms with van der Waals surface area (Å²) in [5.41, 5.74) is 1.71. The molecule has 0 atom stereocenters. The van der Waals surface area contributed by atoms with Crippen molar-refractivity contribution in [2.75, 3.05) is 13.2 Å². The van der Waals surface area contributed by atoms with Crippen LogP contribution in [0.5, 0.6) is 0 Å². The fraction of sp³-hybridized carbons (Fsp3) is 0.800. The normalized spacial score (nSPS) is 42.7. The maximum atomic E-state index is 5.93. The summed E-state index contributed by atoms with van der Waals surface area (Å²) in [6.45, 7) is 5.40. The minimum atomic E-state index is 0.0387. The number of rotatable bonds is 4. The van der Waals surface area contributed by atoms with E-state index in [9.17, 15) is 0 Å². The Morgan fingerprint density at radius 1 is 0.739 bits per heavy atom. The van der Waals surface area contributed by atoms with Crippen LogP contribution in [0.15, 0.2) is 24.3 Å². The van der Waals surface area contributed by atoms with Crippen molar-refractivity contribution >= 4 is 11.6 Å². The molecule has 0 N–H and O–H groups in total. The third-order valence-corrected chi connectivity index (χ3v) is 6.46. The maximum Gasteiger partial charge on any atom is 0.160 e. The van der Waals surface area contributed by atoms with Gasteiger partial charge in [-0.3, -0.25) is 0 Å². The van der Waals surface area contributed by atoms with Crippen LogP contribution in [0.1, 0.15) is 51.4 Å². The standard InChI is InChI=1S/C20H31ClO2/c1-2-15-13-22-20(23-14-15)19-9-7-18(8-10-19)17-5-3-16(4-6-17)11-12-21/h2,11-12,15-20H,1,3-10,13-14H2/b12-11+. The molecule has 1 aliphatic heterocycles. The lowest BCUT2D eigenvalue weighted by atomic mass is 9.69. The van der Waals surface area contributed by atoms with E-state index in [4.69, 9.17) is 21.1 Å². The van der Waals surface area contributed by atoms with Crippen LogP contribution in [0.3, 0.4) is 0 Å². The Hall–Kier alpha value is -0.310. The summed E-state index contributed by atoms with van der Waals surface area (Å²) < 4.78 is 11.9. The lowest BCUT2D eigenvalue weighted by Gasteiger charge is -2.40. The first-order valence-electron chi connectivity index (χ1n) is 9.42. The highest BCUT2D eigenvalue weighted by Gasteiger charge is 2.35. The van der Waals surface area contributed by atoms with Gasteiger partial charge in [-0.15, -0.1) is 6.58 Å². The minimum Gasteiger partial charge on any atom is -0.352 e. The van der Waals surface area contributed by atoms with Gasteiger partial charge in [0, 0.05) is 17.4 Å². The van der Waals surface area contributed by atoms with Crippen molar-refractivity contribution in [3.8, 4) is 0 Å². The highest BCUT2D eigenvalue weighted by molar-refractivity contribution is 6.25. The summed E-state index contributed by atoms with van der Waals surface area (Å²) >= 11 is 5.72. The summed E-state index contributed by atoms with van der Waals surface area (Å²) in [6, 6.07) is 0. The second-order valence-electron chi connectivity index (χ2n) is 7.70. The first-order chi connectivity index (χ1) is 11.3. The van der Waals surface area contributed by atoms with Crippen LogP contribution in [0.25, 0.3) is 0 Å². The Kier molecular flexibility index (Phi) is 6.62. The van der Waals surface area contributed by atoms with Gasteiger partial charge >= 0.3 is 0 Å². The number of ether oxygens (including phenoxy) is 2. The predicted molar refractivity (Wildman–Crippen MR) is 95.3 cm³/mol. The second kappa shape index (κ2) is 8.69. The third kappa shape index (κ3) is 4.61. The summed E-state index contributed by atoms with van der Waals surface area (Å²) in [4.78, 5) is 0. The van der Waals surface area contributed by atoms with E-state index >= 15 is 0 Å². The van der Waals surface area contributed by atoms with Crippen LogP contribution in [0.4, 0.5) is 0 Å². The van der Waals surface area contributed by atoms with Crippen molar-refractivity contribution in [1.82, 2.24) is 0 Å². The summed E-state index contributed by atoms with van der Waals surface area (Å²) in [5.74, 6) is 3.57. The first kappa shape index (κ1) is 17.5. The van der Waals surface area contributed by atoms with Crippen LogP contribution < -0.4 is 0 Å². The van der Waals surface area contributed by atoms with Gasteiger partial charge in [-0.2, -0.15) is 0 Å². The maximum absolute atomic E-state index is 5.93. The number of allylic oxidation sites excluding steroid dienone is 1. The molecule has 2 aliphatic carbocycles. The molecule has 3 aliphatic rings. The van der Waals surface area contributed by atoms with Gasteiger partial charge in [-0.05, 0) is 69.1 Å². The predicted octanol–water partition coefficient (Wildman–Crippen LogP) is 5.53. The third-order valence-electron chi connectivity index (χ3n) is 6.31. The van der Waals surface area contributed by atoms with Crippen LogP contribution in [-0.4, -0.2) is 19.5 Å². The summed E-state index contributed by atoms with van der Waals surface area (Å²) in [6.07, 6.45) is 14.9. The molecule has 23 heavy (non-hydrogen) atoms. The van der Waals surface area contributed by atoms with Gasteiger partial charge in [0.25, 0.3) is 0 Å². The Balaban J connectivity index is 1.40. The quantitative estimate of drug-likeness (QED) is 0.628. The van der Waals surface area contributed by atoms with Gasteiger partial charge < -0.3 is 9.47 Å². The Morgan fingerprint density at radius 3 is 1.78 bits per heavy atom. The zero-order chi connectivity index (χ0) is 16.1. The topological polar surface area (TPSA) is 18.5 Å². The monoisotopic (exact) mass is 338 g/mol. The van der Waals surface area contributed by atoms with E-state index in [0.29, 0.717) is 11.8 Å². The number of hydrogen-bond donors (Lipinski definition) is 0. The van der Waals surface area contributed by atoms with Gasteiger partial charge in [0.05, 0.1) is 13.2 Å². The largest absolute Gasteiger partial charge is 0.352 e. The molecule has 0 aromatic heterocycles. The van der Waals surface area contributed by atoms with E-state index in [2.05, 4.69) is 12.7 Å². The zero-order valence-corrected chi connectivity index (χ0v) is 14.9. The molecule has 3 rings (SSSR count). The molecule has 2 saturated carbocycles. The van der Waals surface area contributed by atoms with Gasteiger partial charge in [0.1, 0.15) is 0 Å². The molecular weight excluding hydrogens is 308 g/mol. The lowest BCUT2D eigenvalue weighted by Crippen LogP contribution is -2.38. The van der Waals surface area contributed by atoms with Gasteiger partial charge in [0.15, 0.2) is 6.29 Å². The van der Waals surface area contributed by atoms with Crippen molar-refractivity contribution in [3.05, 3.63) is 24.3 Å². The van der Waals surface area contributed by atoms with Crippen molar-refractivity contribution in [2.24, 2.45) is 29.6 Å². The summed E-state index contributed by atoms with van der Waals surface area (Å²) in [5, 5.41) is 0. The van der Waals surface area contributed by atoms with Crippen LogP contribution >= 0.6 is 11.6 Å². The van der Waals surface area contributed by atoms with Crippen LogP contribution in [-0.2, 0) is 9.47 Å². The minimum absolute atomic E-state index is 0.0387. The number of halogens is 1. The lowest BCUT2D eigenvalue weighted by molar-refractivity contribution is -0.223. The van der Waals surface area contributed by atoms with E-state index in [1.165, 1.54) is 51.4 Å². The first-order valence-corrected chi connectivity index (χ1v) is 9.86. The smallest absolute Gasteiger partial charge is 0.160 e. The number of hydrogen-bond acceptors (Lipinski definition) is 2. The molecule has 0 spiro atoms. The Morgan fingerprint density at radius 2 is 1.26 bits per heavy atom. The van der Waals surface area contributed by atoms with Crippen molar-refractivity contribution < 1.29 is 9.47 Å².